The first kappa shape index (κ1) is 24.4. The SMILES string of the molecule is C[N+]1(CCCO)CCCC1.O=S(=O)([N-]S(=O)(=O)C(F)(F)F)C(F)(F)F. The van der Waals surface area contributed by atoms with Crippen LogP contribution in [0.2, 0.25) is 0 Å². The summed E-state index contributed by atoms with van der Waals surface area (Å²) in [5.41, 5.74) is -12.4. The number of quaternary nitrogens is 1. The molecule has 1 aliphatic heterocycles. The third-order valence-corrected chi connectivity index (χ3v) is 6.02. The van der Waals surface area contributed by atoms with Crippen LogP contribution < -0.4 is 0 Å². The Labute approximate surface area is 141 Å². The van der Waals surface area contributed by atoms with Crippen molar-refractivity contribution >= 4 is 20.0 Å². The van der Waals surface area contributed by atoms with Crippen molar-refractivity contribution in [2.24, 2.45) is 0 Å². The van der Waals surface area contributed by atoms with E-state index >= 15 is 0 Å². The van der Waals surface area contributed by atoms with Crippen LogP contribution in [0, 0.1) is 0 Å². The minimum Gasteiger partial charge on any atom is -0.421 e. The van der Waals surface area contributed by atoms with Crippen molar-refractivity contribution in [1.82, 2.24) is 0 Å². The summed E-state index contributed by atoms with van der Waals surface area (Å²) < 4.78 is 110. The molecule has 0 aliphatic carbocycles. The molecule has 0 bridgehead atoms. The van der Waals surface area contributed by atoms with Gasteiger partial charge in [-0.15, -0.1) is 0 Å². The van der Waals surface area contributed by atoms with Crippen molar-refractivity contribution in [3.8, 4) is 0 Å². The molecule has 1 heterocycles. The Bertz CT molecular complexity index is 581. The number of rotatable bonds is 5. The first-order valence-electron chi connectivity index (χ1n) is 6.79. The molecule has 1 fully saturated rings. The van der Waals surface area contributed by atoms with Crippen LogP contribution in [0.25, 0.3) is 4.13 Å². The second-order valence-corrected chi connectivity index (χ2v) is 8.91. The largest absolute Gasteiger partial charge is 0.480 e. The molecule has 0 aromatic carbocycles. The normalized spacial score (nSPS) is 18.6. The fourth-order valence-corrected chi connectivity index (χ4v) is 3.70. The van der Waals surface area contributed by atoms with Crippen molar-refractivity contribution < 1.29 is 52.8 Å². The van der Waals surface area contributed by atoms with Crippen LogP contribution in [0.15, 0.2) is 0 Å². The molecule has 152 valence electrons. The molecule has 0 spiro atoms. The Morgan fingerprint density at radius 1 is 0.920 bits per heavy atom. The molecule has 0 amide bonds. The van der Waals surface area contributed by atoms with E-state index in [-0.39, 0.29) is 0 Å². The second-order valence-electron chi connectivity index (χ2n) is 5.49. The first-order valence-corrected chi connectivity index (χ1v) is 9.67. The predicted molar refractivity (Wildman–Crippen MR) is 75.0 cm³/mol. The number of likely N-dealkylation sites (tertiary alicyclic amines) is 1. The van der Waals surface area contributed by atoms with Crippen LogP contribution in [0.4, 0.5) is 26.3 Å². The van der Waals surface area contributed by atoms with E-state index in [4.69, 9.17) is 5.11 Å². The molecule has 1 N–H and O–H groups in total. The molecule has 0 atom stereocenters. The molecule has 1 aliphatic rings. The lowest BCUT2D eigenvalue weighted by Crippen LogP contribution is -2.41. The van der Waals surface area contributed by atoms with Crippen molar-refractivity contribution in [2.75, 3.05) is 33.3 Å². The molecule has 1 rings (SSSR count). The van der Waals surface area contributed by atoms with E-state index in [0.717, 1.165) is 17.1 Å². The lowest BCUT2D eigenvalue weighted by atomic mass is 10.3. The molecular formula is C10H18F6N2O5S2. The lowest BCUT2D eigenvalue weighted by molar-refractivity contribution is -0.897. The number of hydrogen-bond acceptors (Lipinski definition) is 5. The molecule has 25 heavy (non-hydrogen) atoms. The van der Waals surface area contributed by atoms with E-state index in [0.29, 0.717) is 6.61 Å². The van der Waals surface area contributed by atoms with Gasteiger partial charge in [0.2, 0.25) is 0 Å². The smallest absolute Gasteiger partial charge is 0.421 e. The fourth-order valence-electron chi connectivity index (χ4n) is 1.99. The minimum atomic E-state index is -6.72. The fraction of sp³-hybridized carbons (Fsp3) is 1.00. The highest BCUT2D eigenvalue weighted by Crippen LogP contribution is 2.36. The number of sulfonamides is 2. The maximum atomic E-state index is 11.4. The molecule has 15 heteroatoms. The highest BCUT2D eigenvalue weighted by molar-refractivity contribution is 8.13. The summed E-state index contributed by atoms with van der Waals surface area (Å²) in [7, 11) is -11.1. The summed E-state index contributed by atoms with van der Waals surface area (Å²) in [6, 6.07) is 0. The van der Waals surface area contributed by atoms with Gasteiger partial charge in [-0.3, -0.25) is 0 Å². The van der Waals surface area contributed by atoms with Crippen LogP contribution in [-0.4, -0.2) is 70.7 Å². The van der Waals surface area contributed by atoms with Gasteiger partial charge >= 0.3 is 11.0 Å². The van der Waals surface area contributed by atoms with E-state index in [1.165, 1.54) is 30.4 Å². The highest BCUT2D eigenvalue weighted by atomic mass is 32.3. The Kier molecular flexibility index (Phi) is 8.15. The van der Waals surface area contributed by atoms with Gasteiger partial charge in [-0.1, -0.05) is 0 Å². The average Bonchev–Trinajstić information content (AvgIpc) is 2.81. The van der Waals surface area contributed by atoms with Crippen LogP contribution >= 0.6 is 0 Å². The molecule has 0 saturated carbocycles. The van der Waals surface area contributed by atoms with Gasteiger partial charge in [0.25, 0.3) is 0 Å². The summed E-state index contributed by atoms with van der Waals surface area (Å²) in [4.78, 5) is 0. The van der Waals surface area contributed by atoms with Gasteiger partial charge in [0.15, 0.2) is 20.0 Å². The van der Waals surface area contributed by atoms with Crippen LogP contribution in [0.1, 0.15) is 19.3 Å². The summed E-state index contributed by atoms with van der Waals surface area (Å²) in [5.74, 6) is 0. The molecule has 0 aromatic rings. The maximum absolute atomic E-state index is 11.4. The summed E-state index contributed by atoms with van der Waals surface area (Å²) >= 11 is 0. The Morgan fingerprint density at radius 3 is 1.56 bits per heavy atom. The molecule has 7 nitrogen and oxygen atoms in total. The topological polar surface area (TPSA) is 103 Å². The van der Waals surface area contributed by atoms with Crippen molar-refractivity contribution in [1.29, 1.82) is 0 Å². The third-order valence-electron chi connectivity index (χ3n) is 3.28. The number of alkyl halides is 6. The van der Waals surface area contributed by atoms with Gasteiger partial charge in [-0.2, -0.15) is 26.3 Å². The Morgan fingerprint density at radius 2 is 1.28 bits per heavy atom. The van der Waals surface area contributed by atoms with Gasteiger partial charge in [-0.25, -0.2) is 16.8 Å². The standard InChI is InChI=1S/C8H18NO.C2F6NO4S2/c1-9(7-4-8-10)5-2-3-6-9;3-1(4,5)14(10,11)9-15(12,13)2(6,7)8/h10H,2-8H2,1H3;/q+1;-1. The van der Waals surface area contributed by atoms with Crippen LogP contribution in [-0.2, 0) is 20.0 Å². The maximum Gasteiger partial charge on any atom is 0.480 e. The molecule has 0 radical (unpaired) electrons. The Balaban J connectivity index is 0.000000496. The third kappa shape index (κ3) is 7.64. The summed E-state index contributed by atoms with van der Waals surface area (Å²) in [6.45, 7) is 4.16. The average molecular weight is 424 g/mol. The highest BCUT2D eigenvalue weighted by Gasteiger charge is 2.46. The van der Waals surface area contributed by atoms with Crippen LogP contribution in [0.5, 0.6) is 0 Å². The molecular weight excluding hydrogens is 406 g/mol. The molecule has 0 unspecified atom stereocenters. The molecule has 1 saturated heterocycles. The Hall–Kier alpha value is -0.640. The lowest BCUT2D eigenvalue weighted by Gasteiger charge is -2.28. The zero-order valence-corrected chi connectivity index (χ0v) is 14.6. The van der Waals surface area contributed by atoms with Crippen molar-refractivity contribution in [3.05, 3.63) is 4.13 Å². The van der Waals surface area contributed by atoms with E-state index in [9.17, 15) is 43.2 Å². The summed E-state index contributed by atoms with van der Waals surface area (Å²) in [6.07, 6.45) is 3.72. The summed E-state index contributed by atoms with van der Waals surface area (Å²) in [5, 5.41) is 8.63. The van der Waals surface area contributed by atoms with Crippen LogP contribution in [0.3, 0.4) is 0 Å². The predicted octanol–water partition coefficient (Wildman–Crippen LogP) is 1.67. The van der Waals surface area contributed by atoms with E-state index in [1.807, 2.05) is 0 Å². The van der Waals surface area contributed by atoms with Gasteiger partial charge < -0.3 is 13.7 Å². The zero-order valence-electron chi connectivity index (χ0n) is 13.0. The van der Waals surface area contributed by atoms with Gasteiger partial charge in [0.05, 0.1) is 26.7 Å². The van der Waals surface area contributed by atoms with Gasteiger partial charge in [-0.05, 0) is 0 Å². The van der Waals surface area contributed by atoms with Crippen molar-refractivity contribution in [2.45, 2.75) is 30.3 Å². The monoisotopic (exact) mass is 424 g/mol. The van der Waals surface area contributed by atoms with E-state index < -0.39 is 31.1 Å². The zero-order chi connectivity index (χ0) is 20.2. The second kappa shape index (κ2) is 8.37. The number of aliphatic hydroxyl groups is 1. The van der Waals surface area contributed by atoms with Crippen molar-refractivity contribution in [3.63, 3.8) is 0 Å². The number of halogens is 6. The van der Waals surface area contributed by atoms with E-state index in [2.05, 4.69) is 7.05 Å². The quantitative estimate of drug-likeness (QED) is 0.534. The van der Waals surface area contributed by atoms with Gasteiger partial charge in [0.1, 0.15) is 0 Å². The minimum absolute atomic E-state index is 0.355. The van der Waals surface area contributed by atoms with Gasteiger partial charge in [0, 0.05) is 25.9 Å². The number of nitrogens with zero attached hydrogens (tertiary/aromatic N) is 2. The molecule has 0 aromatic heterocycles. The first-order chi connectivity index (χ1) is 11.0. The number of aliphatic hydroxyl groups excluding tert-OH is 1. The van der Waals surface area contributed by atoms with E-state index in [1.54, 1.807) is 0 Å². The number of hydrogen-bond donors (Lipinski definition) is 1.